The zero-order valence-corrected chi connectivity index (χ0v) is 28.9. The lowest BCUT2D eigenvalue weighted by atomic mass is 9.96. The Hall–Kier alpha value is -2.11. The Balaban J connectivity index is -0.000000108. The number of aliphatic carboxylic acids is 3. The second-order valence-electron chi connectivity index (χ2n) is 12.7. The van der Waals surface area contributed by atoms with E-state index in [0.29, 0.717) is 0 Å². The van der Waals surface area contributed by atoms with Gasteiger partial charge in [-0.15, -0.1) is 0 Å². The molecule has 0 aliphatic heterocycles. The summed E-state index contributed by atoms with van der Waals surface area (Å²) in [5.41, 5.74) is -2.97. The average molecular weight is 686 g/mol. The first kappa shape index (κ1) is 56.2. The summed E-state index contributed by atoms with van der Waals surface area (Å²) < 4.78 is 2.53. The molecule has 0 spiro atoms. The molecule has 0 aromatic carbocycles. The molecule has 10 N–H and O–H groups in total. The second-order valence-corrected chi connectivity index (χ2v) is 12.7. The van der Waals surface area contributed by atoms with Gasteiger partial charge in [0.2, 0.25) is 0 Å². The first-order valence-corrected chi connectivity index (χ1v) is 13.9. The normalized spacial score (nSPS) is 11.2. The molecule has 0 atom stereocenters. The summed E-state index contributed by atoms with van der Waals surface area (Å²) in [6, 6.07) is 0. The number of aliphatic hydroxyl groups excluding tert-OH is 9. The molecule has 282 valence electrons. The maximum Gasteiger partial charge on any atom is 0.114 e. The highest BCUT2D eigenvalue weighted by Gasteiger charge is 2.29. The SMILES string of the molecule is C[N+](C)(C)CCO.C[N+](C)(C)CCO.C[N+](C)(C)CCO.O=C([O-])CC(O)(CC(=O)[O-])C(=O)[O-].OCC(O)CO.OCC(O)CO. The molecular formula is C27H63N3O16. The summed E-state index contributed by atoms with van der Waals surface area (Å²) >= 11 is 0. The molecular weight excluding hydrogens is 622 g/mol. The Kier molecular flexibility index (Phi) is 38.5. The fourth-order valence-electron chi connectivity index (χ4n) is 1.70. The van der Waals surface area contributed by atoms with Crippen LogP contribution in [0.15, 0.2) is 0 Å². The van der Waals surface area contributed by atoms with Gasteiger partial charge >= 0.3 is 0 Å². The molecule has 0 aliphatic carbocycles. The third-order valence-corrected chi connectivity index (χ3v) is 4.41. The summed E-state index contributed by atoms with van der Waals surface area (Å²) in [5.74, 6) is -5.98. The van der Waals surface area contributed by atoms with Crippen molar-refractivity contribution in [1.82, 2.24) is 0 Å². The van der Waals surface area contributed by atoms with Crippen LogP contribution in [0.25, 0.3) is 0 Å². The molecule has 0 aliphatic rings. The third-order valence-electron chi connectivity index (χ3n) is 4.41. The van der Waals surface area contributed by atoms with E-state index < -0.39 is 48.6 Å². The topological polar surface area (TPSA) is 323 Å². The van der Waals surface area contributed by atoms with Crippen molar-refractivity contribution in [3.8, 4) is 0 Å². The van der Waals surface area contributed by atoms with Crippen molar-refractivity contribution < 1.29 is 94.2 Å². The van der Waals surface area contributed by atoms with E-state index in [9.17, 15) is 29.7 Å². The minimum absolute atomic E-state index is 0.281. The molecule has 0 fully saturated rings. The minimum atomic E-state index is -2.97. The van der Waals surface area contributed by atoms with E-state index in [1.807, 2.05) is 0 Å². The van der Waals surface area contributed by atoms with Gasteiger partial charge < -0.3 is 94.2 Å². The molecule has 0 aromatic rings. The Bertz CT molecular complexity index is 651. The first-order valence-electron chi connectivity index (χ1n) is 13.9. The van der Waals surface area contributed by atoms with Gasteiger partial charge in [-0.05, 0) is 0 Å². The molecule has 0 bridgehead atoms. The van der Waals surface area contributed by atoms with Crippen LogP contribution in [0.4, 0.5) is 0 Å². The molecule has 0 aromatic heterocycles. The van der Waals surface area contributed by atoms with E-state index in [1.54, 1.807) is 0 Å². The van der Waals surface area contributed by atoms with Crippen molar-refractivity contribution in [2.24, 2.45) is 0 Å². The van der Waals surface area contributed by atoms with Gasteiger partial charge in [-0.25, -0.2) is 0 Å². The van der Waals surface area contributed by atoms with Crippen LogP contribution in [0.5, 0.6) is 0 Å². The second kappa shape index (κ2) is 31.5. The quantitative estimate of drug-likeness (QED) is 0.0715. The highest BCUT2D eigenvalue weighted by atomic mass is 16.4. The molecule has 19 heteroatoms. The van der Waals surface area contributed by atoms with E-state index in [0.717, 1.165) is 33.1 Å². The zero-order valence-electron chi connectivity index (χ0n) is 28.9. The number of likely N-dealkylation sites (N-methyl/N-ethyl adjacent to an activating group) is 3. The van der Waals surface area contributed by atoms with E-state index in [4.69, 9.17) is 51.1 Å². The first-order chi connectivity index (χ1) is 20.6. The maximum atomic E-state index is 10.1. The van der Waals surface area contributed by atoms with E-state index >= 15 is 0 Å². The highest BCUT2D eigenvalue weighted by Crippen LogP contribution is 2.13. The summed E-state index contributed by atoms with van der Waals surface area (Å²) in [6.07, 6.45) is -4.62. The number of rotatable bonds is 15. The standard InChI is InChI=1S/C6H8O7.3C5H14NO.2C3H8O3/c7-3(8)1-6(13,5(11)12)2-4(9)10;3*1-6(2,3)4-5-7;2*4-1-3(6)2-5/h13H,1-2H2,(H,7,8)(H,9,10)(H,11,12);3*7H,4-5H2,1-3H3;2*3-6H,1-2H2/q;3*+1;;/p-3. The summed E-state index contributed by atoms with van der Waals surface area (Å²) in [6.45, 7) is 1.89. The number of nitrogens with zero attached hydrogens (tertiary/aromatic N) is 3. The van der Waals surface area contributed by atoms with Gasteiger partial charge in [-0.3, -0.25) is 0 Å². The lowest BCUT2D eigenvalue weighted by Crippen LogP contribution is -2.54. The largest absolute Gasteiger partial charge is 0.550 e. The molecule has 0 saturated heterocycles. The van der Waals surface area contributed by atoms with Crippen molar-refractivity contribution in [3.63, 3.8) is 0 Å². The minimum Gasteiger partial charge on any atom is -0.550 e. The number of quaternary nitrogens is 3. The summed E-state index contributed by atoms with van der Waals surface area (Å²) in [7, 11) is 18.5. The summed E-state index contributed by atoms with van der Waals surface area (Å²) in [4.78, 5) is 30.0. The monoisotopic (exact) mass is 685 g/mol. The van der Waals surface area contributed by atoms with Gasteiger partial charge in [-0.1, -0.05) is 0 Å². The van der Waals surface area contributed by atoms with Crippen LogP contribution in [-0.4, -0.2) is 230 Å². The Labute approximate surface area is 272 Å². The lowest BCUT2D eigenvalue weighted by molar-refractivity contribution is -0.870. The number of hydrogen-bond acceptors (Lipinski definition) is 16. The van der Waals surface area contributed by atoms with Crippen LogP contribution < -0.4 is 15.3 Å². The number of carbonyl (C=O) groups is 3. The van der Waals surface area contributed by atoms with Crippen LogP contribution in [0.1, 0.15) is 12.8 Å². The summed E-state index contributed by atoms with van der Waals surface area (Å²) in [5, 5.41) is 112. The molecule has 0 radical (unpaired) electrons. The Morgan fingerprint density at radius 2 is 0.717 bits per heavy atom. The van der Waals surface area contributed by atoms with Gasteiger partial charge in [0.05, 0.1) is 116 Å². The molecule has 0 unspecified atom stereocenters. The van der Waals surface area contributed by atoms with Crippen LogP contribution in [0, 0.1) is 0 Å². The predicted molar refractivity (Wildman–Crippen MR) is 160 cm³/mol. The Morgan fingerprint density at radius 3 is 0.761 bits per heavy atom. The van der Waals surface area contributed by atoms with E-state index in [1.165, 1.54) is 0 Å². The Morgan fingerprint density at radius 1 is 0.522 bits per heavy atom. The molecule has 0 saturated carbocycles. The van der Waals surface area contributed by atoms with Crippen LogP contribution in [0.3, 0.4) is 0 Å². The average Bonchev–Trinajstić information content (AvgIpc) is 2.86. The number of carboxylic acids is 3. The van der Waals surface area contributed by atoms with E-state index in [-0.39, 0.29) is 46.2 Å². The van der Waals surface area contributed by atoms with Gasteiger partial charge in [0.25, 0.3) is 0 Å². The highest BCUT2D eigenvalue weighted by molar-refractivity contribution is 5.86. The zero-order chi connectivity index (χ0) is 38.4. The van der Waals surface area contributed by atoms with Crippen LogP contribution in [-0.2, 0) is 14.4 Å². The molecule has 0 rings (SSSR count). The van der Waals surface area contributed by atoms with Gasteiger partial charge in [0, 0.05) is 24.8 Å². The molecule has 19 nitrogen and oxygen atoms in total. The molecule has 0 amide bonds. The maximum absolute atomic E-state index is 10.1. The van der Waals surface area contributed by atoms with Gasteiger partial charge in [0.15, 0.2) is 0 Å². The fourth-order valence-corrected chi connectivity index (χ4v) is 1.70. The number of carbonyl (C=O) groups excluding carboxylic acids is 3. The lowest BCUT2D eigenvalue weighted by Gasteiger charge is -2.29. The van der Waals surface area contributed by atoms with Gasteiger partial charge in [-0.2, -0.15) is 0 Å². The van der Waals surface area contributed by atoms with Crippen molar-refractivity contribution >= 4 is 17.9 Å². The van der Waals surface area contributed by atoms with Crippen LogP contribution >= 0.6 is 0 Å². The van der Waals surface area contributed by atoms with Gasteiger partial charge in [0.1, 0.15) is 37.4 Å². The van der Waals surface area contributed by atoms with Crippen LogP contribution in [0.2, 0.25) is 0 Å². The third kappa shape index (κ3) is 61.0. The fraction of sp³-hybridized carbons (Fsp3) is 0.889. The number of hydrogen-bond donors (Lipinski definition) is 10. The van der Waals surface area contributed by atoms with Crippen molar-refractivity contribution in [3.05, 3.63) is 0 Å². The molecule has 46 heavy (non-hydrogen) atoms. The van der Waals surface area contributed by atoms with Crippen molar-refractivity contribution in [2.45, 2.75) is 30.7 Å². The smallest absolute Gasteiger partial charge is 0.114 e. The number of aliphatic hydroxyl groups is 10. The van der Waals surface area contributed by atoms with Crippen molar-refractivity contribution in [2.75, 3.05) is 129 Å². The number of carboxylic acid groups (broad SMARTS) is 3. The molecule has 0 heterocycles. The van der Waals surface area contributed by atoms with Crippen molar-refractivity contribution in [1.29, 1.82) is 0 Å². The van der Waals surface area contributed by atoms with E-state index in [2.05, 4.69) is 63.4 Å². The predicted octanol–water partition coefficient (Wildman–Crippen LogP) is -9.53.